The molecule has 3 aromatic rings. The second-order valence-corrected chi connectivity index (χ2v) is 9.21. The molecule has 3 heterocycles. The van der Waals surface area contributed by atoms with E-state index in [0.717, 1.165) is 35.9 Å². The molecule has 1 N–H and O–H groups in total. The van der Waals surface area contributed by atoms with Crippen molar-refractivity contribution in [3.8, 4) is 11.3 Å². The zero-order chi connectivity index (χ0) is 23.5. The van der Waals surface area contributed by atoms with Gasteiger partial charge >= 0.3 is 0 Å². The van der Waals surface area contributed by atoms with Gasteiger partial charge in [-0.05, 0) is 67.8 Å². The van der Waals surface area contributed by atoms with Gasteiger partial charge in [0, 0.05) is 48.0 Å². The summed E-state index contributed by atoms with van der Waals surface area (Å²) in [6.45, 7) is 2.42. The van der Waals surface area contributed by atoms with E-state index in [0.29, 0.717) is 17.3 Å². The predicted octanol–water partition coefficient (Wildman–Crippen LogP) is 4.78. The number of carbonyl (C=O) groups excluding carboxylic acids is 2. The van der Waals surface area contributed by atoms with E-state index >= 15 is 0 Å². The average molecular weight is 476 g/mol. The summed E-state index contributed by atoms with van der Waals surface area (Å²) in [4.78, 5) is 29.2. The van der Waals surface area contributed by atoms with Crippen LogP contribution in [0.4, 0.5) is 17.2 Å². The molecule has 2 aliphatic heterocycles. The van der Waals surface area contributed by atoms with Crippen molar-refractivity contribution in [3.05, 3.63) is 65.7 Å². The molecule has 0 saturated carbocycles. The average Bonchev–Trinajstić information content (AvgIpc) is 3.27. The molecule has 2 fully saturated rings. The molecule has 0 spiro atoms. The maximum absolute atomic E-state index is 12.8. The summed E-state index contributed by atoms with van der Waals surface area (Å²) in [5, 5.41) is 12.3. The van der Waals surface area contributed by atoms with E-state index < -0.39 is 5.92 Å². The molecule has 1 aromatic heterocycles. The molecule has 2 saturated heterocycles. The number of nitrogens with one attached hydrogen (secondary N) is 1. The fraction of sp³-hybridized carbons (Fsp3) is 0.308. The molecule has 1 unspecified atom stereocenters. The van der Waals surface area contributed by atoms with Crippen molar-refractivity contribution in [1.82, 2.24) is 10.2 Å². The lowest BCUT2D eigenvalue weighted by Crippen LogP contribution is -2.30. The summed E-state index contributed by atoms with van der Waals surface area (Å²) in [7, 11) is 0. The van der Waals surface area contributed by atoms with Crippen LogP contribution in [0.25, 0.3) is 11.3 Å². The third kappa shape index (κ3) is 4.89. The number of rotatable bonds is 5. The lowest BCUT2D eigenvalue weighted by atomic mass is 10.1. The van der Waals surface area contributed by atoms with Crippen LogP contribution in [0.1, 0.15) is 25.7 Å². The van der Waals surface area contributed by atoms with Crippen molar-refractivity contribution in [3.63, 3.8) is 0 Å². The van der Waals surface area contributed by atoms with Crippen LogP contribution >= 0.6 is 11.6 Å². The molecule has 7 nitrogen and oxygen atoms in total. The van der Waals surface area contributed by atoms with E-state index in [1.165, 1.54) is 19.3 Å². The summed E-state index contributed by atoms with van der Waals surface area (Å²) in [6, 6.07) is 18.6. The Balaban J connectivity index is 1.20. The van der Waals surface area contributed by atoms with Gasteiger partial charge in [0.15, 0.2) is 5.82 Å². The maximum Gasteiger partial charge on any atom is 0.229 e. The minimum atomic E-state index is -0.406. The predicted molar refractivity (Wildman–Crippen MR) is 134 cm³/mol. The quantitative estimate of drug-likeness (QED) is 0.574. The normalized spacial score (nSPS) is 18.3. The Hall–Kier alpha value is -3.45. The first kappa shape index (κ1) is 22.3. The van der Waals surface area contributed by atoms with Gasteiger partial charge in [0.1, 0.15) is 0 Å². The fourth-order valence-electron chi connectivity index (χ4n) is 4.49. The molecular weight excluding hydrogens is 450 g/mol. The topological polar surface area (TPSA) is 78.4 Å². The third-order valence-corrected chi connectivity index (χ3v) is 6.66. The molecule has 2 aromatic carbocycles. The highest BCUT2D eigenvalue weighted by atomic mass is 35.5. The van der Waals surface area contributed by atoms with Crippen molar-refractivity contribution in [1.29, 1.82) is 0 Å². The number of carbonyl (C=O) groups is 2. The zero-order valence-corrected chi connectivity index (χ0v) is 19.5. The van der Waals surface area contributed by atoms with Crippen molar-refractivity contribution in [2.45, 2.75) is 25.7 Å². The van der Waals surface area contributed by atoms with Gasteiger partial charge in [0.2, 0.25) is 11.8 Å². The Bertz CT molecular complexity index is 1160. The van der Waals surface area contributed by atoms with E-state index in [4.69, 9.17) is 11.6 Å². The zero-order valence-electron chi connectivity index (χ0n) is 18.8. The van der Waals surface area contributed by atoms with Crippen molar-refractivity contribution >= 4 is 40.6 Å². The number of nitrogens with zero attached hydrogens (tertiary/aromatic N) is 4. The van der Waals surface area contributed by atoms with Crippen LogP contribution in [0.15, 0.2) is 60.7 Å². The number of hydrogen-bond donors (Lipinski definition) is 1. The number of amides is 2. The molecule has 0 radical (unpaired) electrons. The maximum atomic E-state index is 12.8. The van der Waals surface area contributed by atoms with Crippen LogP contribution in [0.2, 0.25) is 5.02 Å². The Labute approximate surface area is 203 Å². The van der Waals surface area contributed by atoms with Gasteiger partial charge in [-0.25, -0.2) is 0 Å². The molecule has 34 heavy (non-hydrogen) atoms. The van der Waals surface area contributed by atoms with E-state index in [1.807, 2.05) is 36.4 Å². The largest absolute Gasteiger partial charge is 0.355 e. The van der Waals surface area contributed by atoms with Crippen LogP contribution in [0.5, 0.6) is 0 Å². The molecule has 2 amide bonds. The smallest absolute Gasteiger partial charge is 0.229 e. The molecule has 2 aliphatic rings. The number of halogens is 1. The summed E-state index contributed by atoms with van der Waals surface area (Å²) < 4.78 is 0. The van der Waals surface area contributed by atoms with Gasteiger partial charge in [-0.15, -0.1) is 10.2 Å². The van der Waals surface area contributed by atoms with E-state index in [1.54, 1.807) is 29.2 Å². The summed E-state index contributed by atoms with van der Waals surface area (Å²) in [5.74, 6) is 0.287. The number of piperidine rings is 1. The highest BCUT2D eigenvalue weighted by Gasteiger charge is 2.35. The standard InChI is InChI=1S/C26H26ClN5O2/c27-20-6-10-22(11-7-20)32-17-19(16-25(32)33)26(34)28-21-8-4-18(5-9-21)23-12-13-24(30-29-23)31-14-2-1-3-15-31/h4-13,19H,1-3,14-17H2,(H,28,34). The van der Waals surface area contributed by atoms with Gasteiger partial charge in [0.05, 0.1) is 11.6 Å². The van der Waals surface area contributed by atoms with Crippen LogP contribution in [-0.4, -0.2) is 41.6 Å². The molecular formula is C26H26ClN5O2. The first-order valence-corrected chi connectivity index (χ1v) is 12.0. The van der Waals surface area contributed by atoms with Gasteiger partial charge in [0.25, 0.3) is 0 Å². The Morgan fingerprint density at radius 1 is 0.912 bits per heavy atom. The van der Waals surface area contributed by atoms with Gasteiger partial charge in [-0.3, -0.25) is 9.59 Å². The molecule has 5 rings (SSSR count). The molecule has 174 valence electrons. The minimum Gasteiger partial charge on any atom is -0.355 e. The van der Waals surface area contributed by atoms with Crippen molar-refractivity contribution < 1.29 is 9.59 Å². The molecule has 1 atom stereocenters. The molecule has 0 aliphatic carbocycles. The number of anilines is 3. The Morgan fingerprint density at radius 3 is 2.32 bits per heavy atom. The van der Waals surface area contributed by atoms with Crippen LogP contribution < -0.4 is 15.1 Å². The first-order valence-electron chi connectivity index (χ1n) is 11.6. The van der Waals surface area contributed by atoms with E-state index in [9.17, 15) is 9.59 Å². The summed E-state index contributed by atoms with van der Waals surface area (Å²) >= 11 is 5.94. The molecule has 8 heteroatoms. The third-order valence-electron chi connectivity index (χ3n) is 6.41. The second-order valence-electron chi connectivity index (χ2n) is 8.77. The van der Waals surface area contributed by atoms with Crippen LogP contribution in [0.3, 0.4) is 0 Å². The monoisotopic (exact) mass is 475 g/mol. The highest BCUT2D eigenvalue weighted by Crippen LogP contribution is 2.28. The van der Waals surface area contributed by atoms with Gasteiger partial charge in [-0.1, -0.05) is 23.7 Å². The lowest BCUT2D eigenvalue weighted by molar-refractivity contribution is -0.122. The van der Waals surface area contributed by atoms with E-state index in [2.05, 4.69) is 20.4 Å². The summed E-state index contributed by atoms with van der Waals surface area (Å²) in [6.07, 6.45) is 3.86. The van der Waals surface area contributed by atoms with Gasteiger partial charge in [-0.2, -0.15) is 0 Å². The first-order chi connectivity index (χ1) is 16.6. The Morgan fingerprint density at radius 2 is 1.65 bits per heavy atom. The second kappa shape index (κ2) is 9.81. The summed E-state index contributed by atoms with van der Waals surface area (Å²) in [5.41, 5.74) is 3.16. The molecule has 0 bridgehead atoms. The fourth-order valence-corrected chi connectivity index (χ4v) is 4.62. The van der Waals surface area contributed by atoms with Crippen LogP contribution in [-0.2, 0) is 9.59 Å². The van der Waals surface area contributed by atoms with Crippen molar-refractivity contribution in [2.24, 2.45) is 5.92 Å². The van der Waals surface area contributed by atoms with Crippen LogP contribution in [0, 0.1) is 5.92 Å². The minimum absolute atomic E-state index is 0.0654. The number of hydrogen-bond acceptors (Lipinski definition) is 5. The van der Waals surface area contributed by atoms with E-state index in [-0.39, 0.29) is 18.2 Å². The lowest BCUT2D eigenvalue weighted by Gasteiger charge is -2.27. The Kier molecular flexibility index (Phi) is 6.45. The highest BCUT2D eigenvalue weighted by molar-refractivity contribution is 6.30. The number of aromatic nitrogens is 2. The number of benzene rings is 2. The van der Waals surface area contributed by atoms with Crippen molar-refractivity contribution in [2.75, 3.05) is 34.8 Å². The SMILES string of the molecule is O=C(Nc1ccc(-c2ccc(N3CCCCC3)nn2)cc1)C1CC(=O)N(c2ccc(Cl)cc2)C1. The van der Waals surface area contributed by atoms with Gasteiger partial charge < -0.3 is 15.1 Å².